The maximum absolute atomic E-state index is 10.0. The predicted octanol–water partition coefficient (Wildman–Crippen LogP) is 4.00. The van der Waals surface area contributed by atoms with Crippen molar-refractivity contribution in [2.75, 3.05) is 0 Å². The third kappa shape index (κ3) is 2.30. The molecule has 15 heavy (non-hydrogen) atoms. The summed E-state index contributed by atoms with van der Waals surface area (Å²) in [6.45, 7) is 2.16. The van der Waals surface area contributed by atoms with Crippen LogP contribution >= 0.6 is 23.2 Å². The van der Waals surface area contributed by atoms with Gasteiger partial charge in [0.05, 0.1) is 6.10 Å². The molecule has 2 rings (SSSR count). The van der Waals surface area contributed by atoms with E-state index in [2.05, 4.69) is 6.92 Å². The Balaban J connectivity index is 2.48. The summed E-state index contributed by atoms with van der Waals surface area (Å²) < 4.78 is 0. The van der Waals surface area contributed by atoms with Gasteiger partial charge in [-0.15, -0.1) is 0 Å². The average Bonchev–Trinajstić information content (AvgIpc) is 2.27. The van der Waals surface area contributed by atoms with Gasteiger partial charge in [-0.3, -0.25) is 0 Å². The van der Waals surface area contributed by atoms with E-state index in [4.69, 9.17) is 23.2 Å². The molecule has 2 atom stereocenters. The molecule has 0 aromatic heterocycles. The zero-order chi connectivity index (χ0) is 11.0. The number of hydrogen-bond donors (Lipinski definition) is 1. The van der Waals surface area contributed by atoms with Crippen LogP contribution < -0.4 is 0 Å². The topological polar surface area (TPSA) is 20.2 Å². The molecule has 0 heterocycles. The van der Waals surface area contributed by atoms with Gasteiger partial charge >= 0.3 is 0 Å². The van der Waals surface area contributed by atoms with Crippen molar-refractivity contribution in [1.82, 2.24) is 0 Å². The smallest absolute Gasteiger partial charge is 0.0796 e. The van der Waals surface area contributed by atoms with E-state index in [1.807, 2.05) is 6.07 Å². The number of benzene rings is 1. The first-order valence-corrected chi connectivity index (χ1v) is 5.99. The summed E-state index contributed by atoms with van der Waals surface area (Å²) in [6.07, 6.45) is 2.38. The lowest BCUT2D eigenvalue weighted by molar-refractivity contribution is 0.150. The van der Waals surface area contributed by atoms with E-state index >= 15 is 0 Å². The second-order valence-corrected chi connectivity index (χ2v) is 5.19. The Labute approximate surface area is 100 Å². The first-order valence-electron chi connectivity index (χ1n) is 5.24. The summed E-state index contributed by atoms with van der Waals surface area (Å²) in [5.41, 5.74) is 1.98. The van der Waals surface area contributed by atoms with Crippen molar-refractivity contribution in [3.05, 3.63) is 33.3 Å². The Morgan fingerprint density at radius 2 is 2.07 bits per heavy atom. The lowest BCUT2D eigenvalue weighted by Crippen LogP contribution is -2.01. The molecule has 3 heteroatoms. The van der Waals surface area contributed by atoms with Gasteiger partial charge in [-0.25, -0.2) is 0 Å². The SMILES string of the molecule is CC1CCc2c(Cl)cc(Cl)cc2C(O)C1. The van der Waals surface area contributed by atoms with E-state index in [0.29, 0.717) is 16.0 Å². The summed E-state index contributed by atoms with van der Waals surface area (Å²) >= 11 is 12.1. The van der Waals surface area contributed by atoms with E-state index in [-0.39, 0.29) is 0 Å². The molecule has 1 aliphatic carbocycles. The average molecular weight is 245 g/mol. The monoisotopic (exact) mass is 244 g/mol. The van der Waals surface area contributed by atoms with Crippen LogP contribution in [0.15, 0.2) is 12.1 Å². The minimum absolute atomic E-state index is 0.423. The Kier molecular flexibility index (Phi) is 3.24. The molecule has 1 nitrogen and oxygen atoms in total. The molecule has 0 aliphatic heterocycles. The zero-order valence-electron chi connectivity index (χ0n) is 8.63. The Bertz CT molecular complexity index is 376. The number of aliphatic hydroxyl groups excluding tert-OH is 1. The van der Waals surface area contributed by atoms with Crippen LogP contribution in [-0.2, 0) is 6.42 Å². The molecule has 0 spiro atoms. The minimum Gasteiger partial charge on any atom is -0.388 e. The van der Waals surface area contributed by atoms with Crippen LogP contribution in [0.25, 0.3) is 0 Å². The van der Waals surface area contributed by atoms with Gasteiger partial charge < -0.3 is 5.11 Å². The molecule has 0 saturated carbocycles. The summed E-state index contributed by atoms with van der Waals surface area (Å²) in [6, 6.07) is 3.59. The van der Waals surface area contributed by atoms with Crippen LogP contribution in [0.4, 0.5) is 0 Å². The fourth-order valence-electron chi connectivity index (χ4n) is 2.20. The summed E-state index contributed by atoms with van der Waals surface area (Å²) in [4.78, 5) is 0. The van der Waals surface area contributed by atoms with Gasteiger partial charge in [0.15, 0.2) is 0 Å². The van der Waals surface area contributed by atoms with Crippen LogP contribution in [-0.4, -0.2) is 5.11 Å². The second-order valence-electron chi connectivity index (χ2n) is 4.35. The van der Waals surface area contributed by atoms with E-state index in [9.17, 15) is 5.11 Å². The highest BCUT2D eigenvalue weighted by molar-refractivity contribution is 6.35. The quantitative estimate of drug-likeness (QED) is 0.685. The first-order chi connectivity index (χ1) is 7.08. The normalized spacial score (nSPS) is 25.9. The van der Waals surface area contributed by atoms with Crippen molar-refractivity contribution in [3.8, 4) is 0 Å². The van der Waals surface area contributed by atoms with Gasteiger partial charge in [0, 0.05) is 10.0 Å². The molecule has 1 aromatic rings. The van der Waals surface area contributed by atoms with E-state index in [1.165, 1.54) is 0 Å². The molecule has 0 fully saturated rings. The first kappa shape index (κ1) is 11.3. The Hall–Kier alpha value is -0.240. The molecule has 0 radical (unpaired) electrons. The highest BCUT2D eigenvalue weighted by atomic mass is 35.5. The predicted molar refractivity (Wildman–Crippen MR) is 63.5 cm³/mol. The van der Waals surface area contributed by atoms with Crippen molar-refractivity contribution in [2.24, 2.45) is 5.92 Å². The molecule has 1 N–H and O–H groups in total. The van der Waals surface area contributed by atoms with E-state index in [1.54, 1.807) is 6.07 Å². The Morgan fingerprint density at radius 3 is 2.80 bits per heavy atom. The molecule has 2 unspecified atom stereocenters. The maximum Gasteiger partial charge on any atom is 0.0796 e. The fourth-order valence-corrected chi connectivity index (χ4v) is 2.80. The minimum atomic E-state index is -0.423. The highest BCUT2D eigenvalue weighted by Gasteiger charge is 2.22. The largest absolute Gasteiger partial charge is 0.388 e. The zero-order valence-corrected chi connectivity index (χ0v) is 10.1. The van der Waals surface area contributed by atoms with Gasteiger partial charge in [0.1, 0.15) is 0 Å². The lowest BCUT2D eigenvalue weighted by atomic mass is 10.00. The third-order valence-corrected chi connectivity index (χ3v) is 3.62. The number of fused-ring (bicyclic) bond motifs is 1. The van der Waals surface area contributed by atoms with E-state index < -0.39 is 6.10 Å². The van der Waals surface area contributed by atoms with Gasteiger partial charge in [-0.05, 0) is 48.4 Å². The molecule has 0 bridgehead atoms. The van der Waals surface area contributed by atoms with Gasteiger partial charge in [0.2, 0.25) is 0 Å². The van der Waals surface area contributed by atoms with Gasteiger partial charge in [-0.1, -0.05) is 30.1 Å². The fraction of sp³-hybridized carbons (Fsp3) is 0.500. The van der Waals surface area contributed by atoms with Gasteiger partial charge in [-0.2, -0.15) is 0 Å². The number of halogens is 2. The lowest BCUT2D eigenvalue weighted by Gasteiger charge is -2.14. The third-order valence-electron chi connectivity index (χ3n) is 3.07. The van der Waals surface area contributed by atoms with Crippen molar-refractivity contribution in [2.45, 2.75) is 32.3 Å². The Morgan fingerprint density at radius 1 is 1.33 bits per heavy atom. The summed E-state index contributed by atoms with van der Waals surface area (Å²) in [5.74, 6) is 0.530. The van der Waals surface area contributed by atoms with Crippen LogP contribution in [0, 0.1) is 5.92 Å². The molecular weight excluding hydrogens is 231 g/mol. The van der Waals surface area contributed by atoms with Crippen molar-refractivity contribution >= 4 is 23.2 Å². The molecule has 1 aromatic carbocycles. The van der Waals surface area contributed by atoms with Crippen LogP contribution in [0.5, 0.6) is 0 Å². The second kappa shape index (κ2) is 4.32. The molecule has 0 amide bonds. The van der Waals surface area contributed by atoms with Crippen molar-refractivity contribution < 1.29 is 5.11 Å². The standard InChI is InChI=1S/C12H14Cl2O/c1-7-2-3-9-10(12(15)4-7)5-8(13)6-11(9)14/h5-7,12,15H,2-4H2,1H3. The van der Waals surface area contributed by atoms with Crippen LogP contribution in [0.1, 0.15) is 37.0 Å². The number of rotatable bonds is 0. The number of hydrogen-bond acceptors (Lipinski definition) is 1. The molecule has 82 valence electrons. The van der Waals surface area contributed by atoms with Crippen LogP contribution in [0.3, 0.4) is 0 Å². The molecule has 1 aliphatic rings. The maximum atomic E-state index is 10.0. The van der Waals surface area contributed by atoms with Crippen molar-refractivity contribution in [1.29, 1.82) is 0 Å². The summed E-state index contributed by atoms with van der Waals surface area (Å²) in [5, 5.41) is 11.3. The molecular formula is C12H14Cl2O. The van der Waals surface area contributed by atoms with Crippen LogP contribution in [0.2, 0.25) is 10.0 Å². The highest BCUT2D eigenvalue weighted by Crippen LogP contribution is 2.37. The summed E-state index contributed by atoms with van der Waals surface area (Å²) in [7, 11) is 0. The number of aliphatic hydroxyl groups is 1. The van der Waals surface area contributed by atoms with Gasteiger partial charge in [0.25, 0.3) is 0 Å². The van der Waals surface area contributed by atoms with E-state index in [0.717, 1.165) is 30.4 Å². The van der Waals surface area contributed by atoms with Crippen molar-refractivity contribution in [3.63, 3.8) is 0 Å². The molecule has 0 saturated heterocycles.